The van der Waals surface area contributed by atoms with Gasteiger partial charge in [0.15, 0.2) is 0 Å². The van der Waals surface area contributed by atoms with Gasteiger partial charge in [-0.3, -0.25) is 14.5 Å². The second kappa shape index (κ2) is 9.57. The van der Waals surface area contributed by atoms with Gasteiger partial charge in [0.25, 0.3) is 5.91 Å². The average Bonchev–Trinajstić information content (AvgIpc) is 3.16. The van der Waals surface area contributed by atoms with Crippen LogP contribution in [0.25, 0.3) is 0 Å². The number of halogens is 2. The van der Waals surface area contributed by atoms with Gasteiger partial charge in [-0.25, -0.2) is 0 Å². The van der Waals surface area contributed by atoms with Crippen LogP contribution in [-0.2, 0) is 4.79 Å². The third-order valence-corrected chi connectivity index (χ3v) is 7.28. The Morgan fingerprint density at radius 3 is 2.50 bits per heavy atom. The molecule has 0 spiro atoms. The maximum atomic E-state index is 12.9. The first-order valence-corrected chi connectivity index (χ1v) is 12.0. The number of para-hydroxylation sites is 2. The Morgan fingerprint density at radius 2 is 1.75 bits per heavy atom. The second-order valence-corrected chi connectivity index (χ2v) is 9.69. The molecule has 0 bridgehead atoms. The molecule has 4 rings (SSSR count). The molecule has 32 heavy (non-hydrogen) atoms. The van der Waals surface area contributed by atoms with Crippen LogP contribution >= 0.6 is 35.0 Å². The number of thioether (sulfide) groups is 1. The van der Waals surface area contributed by atoms with Gasteiger partial charge >= 0.3 is 0 Å². The average molecular weight is 485 g/mol. The first kappa shape index (κ1) is 22.7. The minimum atomic E-state index is -0.292. The van der Waals surface area contributed by atoms with Crippen LogP contribution in [0, 0.1) is 0 Å². The summed E-state index contributed by atoms with van der Waals surface area (Å²) in [5.41, 5.74) is 3.96. The van der Waals surface area contributed by atoms with Gasteiger partial charge in [-0.15, -0.1) is 11.8 Å². The zero-order valence-electron chi connectivity index (χ0n) is 17.6. The predicted octanol–water partition coefficient (Wildman–Crippen LogP) is 7.15. The molecule has 0 unspecified atom stereocenters. The van der Waals surface area contributed by atoms with Crippen molar-refractivity contribution in [2.75, 3.05) is 16.0 Å². The molecule has 1 N–H and O–H groups in total. The van der Waals surface area contributed by atoms with E-state index in [2.05, 4.69) is 25.2 Å². The molecule has 1 saturated heterocycles. The largest absolute Gasteiger partial charge is 0.322 e. The highest BCUT2D eigenvalue weighted by atomic mass is 35.5. The minimum Gasteiger partial charge on any atom is -0.322 e. The van der Waals surface area contributed by atoms with Crippen molar-refractivity contribution in [2.24, 2.45) is 0 Å². The molecule has 1 atom stereocenters. The van der Waals surface area contributed by atoms with E-state index in [1.165, 1.54) is 0 Å². The number of rotatable bonds is 5. The lowest BCUT2D eigenvalue weighted by atomic mass is 10.00. The number of amides is 2. The zero-order valence-corrected chi connectivity index (χ0v) is 20.0. The van der Waals surface area contributed by atoms with Crippen molar-refractivity contribution in [1.29, 1.82) is 0 Å². The van der Waals surface area contributed by atoms with E-state index >= 15 is 0 Å². The molecule has 0 radical (unpaired) electrons. The van der Waals surface area contributed by atoms with Crippen LogP contribution in [0.4, 0.5) is 11.4 Å². The number of nitrogens with zero attached hydrogens (tertiary/aromatic N) is 1. The Hall–Kier alpha value is -2.47. The molecular formula is C25H22Cl2N2O2S. The SMILES string of the molecule is CC(C)c1ccccc1N1C(=O)CS[C@@H]1c1ccccc1NC(=O)c1ccc(Cl)c(Cl)c1. The summed E-state index contributed by atoms with van der Waals surface area (Å²) in [7, 11) is 0. The van der Waals surface area contributed by atoms with Crippen molar-refractivity contribution in [3.8, 4) is 0 Å². The van der Waals surface area contributed by atoms with Crippen LogP contribution in [-0.4, -0.2) is 17.6 Å². The Bertz CT molecular complexity index is 1180. The van der Waals surface area contributed by atoms with Crippen molar-refractivity contribution in [3.63, 3.8) is 0 Å². The number of carbonyl (C=O) groups is 2. The van der Waals surface area contributed by atoms with Gasteiger partial charge in [-0.05, 0) is 41.8 Å². The summed E-state index contributed by atoms with van der Waals surface area (Å²) in [5, 5.41) is 3.45. The molecule has 1 aliphatic heterocycles. The Morgan fingerprint density at radius 1 is 1.03 bits per heavy atom. The van der Waals surface area contributed by atoms with E-state index in [-0.39, 0.29) is 23.1 Å². The van der Waals surface area contributed by atoms with Crippen LogP contribution < -0.4 is 10.2 Å². The molecule has 7 heteroatoms. The van der Waals surface area contributed by atoms with Crippen molar-refractivity contribution >= 4 is 58.2 Å². The fraction of sp³-hybridized carbons (Fsp3) is 0.200. The van der Waals surface area contributed by atoms with E-state index in [9.17, 15) is 9.59 Å². The highest BCUT2D eigenvalue weighted by Crippen LogP contribution is 2.46. The first-order valence-electron chi connectivity index (χ1n) is 10.2. The molecule has 1 heterocycles. The zero-order chi connectivity index (χ0) is 22.8. The van der Waals surface area contributed by atoms with Gasteiger partial charge in [-0.1, -0.05) is 73.4 Å². The molecule has 3 aromatic rings. The maximum absolute atomic E-state index is 12.9. The van der Waals surface area contributed by atoms with Crippen LogP contribution in [0.1, 0.15) is 46.6 Å². The molecule has 0 saturated carbocycles. The van der Waals surface area contributed by atoms with Crippen molar-refractivity contribution in [2.45, 2.75) is 25.1 Å². The number of nitrogens with one attached hydrogen (secondary N) is 1. The van der Waals surface area contributed by atoms with Gasteiger partial charge < -0.3 is 5.32 Å². The molecule has 2 amide bonds. The van der Waals surface area contributed by atoms with Crippen LogP contribution in [0.5, 0.6) is 0 Å². The number of anilines is 2. The minimum absolute atomic E-state index is 0.0544. The third-order valence-electron chi connectivity index (χ3n) is 5.34. The standard InChI is InChI=1S/C25H22Cl2N2O2S/c1-15(2)17-7-4-6-10-22(17)29-23(30)14-32-25(29)18-8-3-5-9-21(18)28-24(31)16-11-12-19(26)20(27)13-16/h3-13,15,25H,14H2,1-2H3,(H,28,31)/t25-/m1/s1. The molecular weight excluding hydrogens is 463 g/mol. The summed E-state index contributed by atoms with van der Waals surface area (Å²) in [4.78, 5) is 27.7. The number of carbonyl (C=O) groups excluding carboxylic acids is 2. The first-order chi connectivity index (χ1) is 15.4. The van der Waals surface area contributed by atoms with Gasteiger partial charge in [0.1, 0.15) is 5.37 Å². The third kappa shape index (κ3) is 4.51. The molecule has 3 aromatic carbocycles. The molecule has 1 fully saturated rings. The van der Waals surface area contributed by atoms with E-state index in [1.54, 1.807) is 30.0 Å². The van der Waals surface area contributed by atoms with Gasteiger partial charge in [0, 0.05) is 22.5 Å². The van der Waals surface area contributed by atoms with Crippen molar-refractivity contribution in [3.05, 3.63) is 93.5 Å². The fourth-order valence-corrected chi connectivity index (χ4v) is 5.27. The van der Waals surface area contributed by atoms with Crippen LogP contribution in [0.15, 0.2) is 66.7 Å². The van der Waals surface area contributed by atoms with Gasteiger partial charge in [0.05, 0.1) is 15.8 Å². The highest BCUT2D eigenvalue weighted by Gasteiger charge is 2.36. The summed E-state index contributed by atoms with van der Waals surface area (Å²) in [5.74, 6) is 0.416. The maximum Gasteiger partial charge on any atom is 0.255 e. The Balaban J connectivity index is 1.69. The summed E-state index contributed by atoms with van der Waals surface area (Å²) in [6.45, 7) is 4.24. The summed E-state index contributed by atoms with van der Waals surface area (Å²) in [6.07, 6.45) is 0. The molecule has 4 nitrogen and oxygen atoms in total. The van der Waals surface area contributed by atoms with Gasteiger partial charge in [-0.2, -0.15) is 0 Å². The number of benzene rings is 3. The quantitative estimate of drug-likeness (QED) is 0.418. The normalized spacial score (nSPS) is 16.0. The van der Waals surface area contributed by atoms with Crippen LogP contribution in [0.3, 0.4) is 0 Å². The molecule has 0 aliphatic carbocycles. The summed E-state index contributed by atoms with van der Waals surface area (Å²) in [6, 6.07) is 20.3. The lowest BCUT2D eigenvalue weighted by Crippen LogP contribution is -2.29. The number of hydrogen-bond donors (Lipinski definition) is 1. The lowest BCUT2D eigenvalue weighted by molar-refractivity contribution is -0.115. The molecule has 1 aliphatic rings. The molecule has 0 aromatic heterocycles. The van der Waals surface area contributed by atoms with Crippen molar-refractivity contribution < 1.29 is 9.59 Å². The van der Waals surface area contributed by atoms with Crippen molar-refractivity contribution in [1.82, 2.24) is 0 Å². The van der Waals surface area contributed by atoms with E-state index in [0.29, 0.717) is 27.0 Å². The second-order valence-electron chi connectivity index (χ2n) is 7.81. The Labute approximate surface area is 201 Å². The number of hydrogen-bond acceptors (Lipinski definition) is 3. The topological polar surface area (TPSA) is 49.4 Å². The Kier molecular flexibility index (Phi) is 6.79. The summed E-state index contributed by atoms with van der Waals surface area (Å²) >= 11 is 13.6. The lowest BCUT2D eigenvalue weighted by Gasteiger charge is -2.29. The van der Waals surface area contributed by atoms with E-state index < -0.39 is 0 Å². The van der Waals surface area contributed by atoms with E-state index in [0.717, 1.165) is 16.8 Å². The monoisotopic (exact) mass is 484 g/mol. The smallest absolute Gasteiger partial charge is 0.255 e. The fourth-order valence-electron chi connectivity index (χ4n) is 3.77. The summed E-state index contributed by atoms with van der Waals surface area (Å²) < 4.78 is 0. The van der Waals surface area contributed by atoms with E-state index in [1.807, 2.05) is 47.4 Å². The predicted molar refractivity (Wildman–Crippen MR) is 134 cm³/mol. The van der Waals surface area contributed by atoms with E-state index in [4.69, 9.17) is 23.2 Å². The van der Waals surface area contributed by atoms with Gasteiger partial charge in [0.2, 0.25) is 5.91 Å². The highest BCUT2D eigenvalue weighted by molar-refractivity contribution is 8.00. The van der Waals surface area contributed by atoms with Crippen LogP contribution in [0.2, 0.25) is 10.0 Å². The molecule has 164 valence electrons.